The summed E-state index contributed by atoms with van der Waals surface area (Å²) in [5, 5.41) is 6.43. The lowest BCUT2D eigenvalue weighted by Gasteiger charge is -2.28. The Morgan fingerprint density at radius 2 is 0.944 bits per heavy atom. The number of carbonyl (C=O) groups is 2. The van der Waals surface area contributed by atoms with Crippen molar-refractivity contribution in [2.45, 2.75) is 49.9 Å². The quantitative estimate of drug-likeness (QED) is 0.111. The molecule has 0 aliphatic carbocycles. The van der Waals surface area contributed by atoms with Gasteiger partial charge in [0.2, 0.25) is 11.8 Å². The molecule has 2 aliphatic rings. The number of hydrogen-bond donors (Lipinski definition) is 4. The molecule has 4 N–H and O–H groups in total. The van der Waals surface area contributed by atoms with E-state index in [1.807, 2.05) is 97.0 Å². The molecular formula is C44H46N8O2. The predicted octanol–water partition coefficient (Wildman–Crippen LogP) is 7.38. The summed E-state index contributed by atoms with van der Waals surface area (Å²) in [6, 6.07) is 35.7. The fourth-order valence-electron chi connectivity index (χ4n) is 8.11. The third kappa shape index (κ3) is 6.98. The summed E-state index contributed by atoms with van der Waals surface area (Å²) in [6.45, 7) is 1.43. The first-order valence-corrected chi connectivity index (χ1v) is 18.9. The molecule has 8 rings (SSSR count). The van der Waals surface area contributed by atoms with Gasteiger partial charge in [-0.1, -0.05) is 109 Å². The number of H-pyrrole nitrogens is 2. The van der Waals surface area contributed by atoms with Gasteiger partial charge >= 0.3 is 0 Å². The van der Waals surface area contributed by atoms with Crippen LogP contribution in [0.2, 0.25) is 0 Å². The second kappa shape index (κ2) is 15.6. The van der Waals surface area contributed by atoms with Gasteiger partial charge in [-0.2, -0.15) is 0 Å². The third-order valence-corrected chi connectivity index (χ3v) is 11.0. The normalized spacial score (nSPS) is 18.2. The van der Waals surface area contributed by atoms with Gasteiger partial charge in [0, 0.05) is 13.1 Å². The lowest BCUT2D eigenvalue weighted by molar-refractivity contribution is -0.135. The second-order valence-corrected chi connectivity index (χ2v) is 14.2. The number of hydrogen-bond acceptors (Lipinski definition) is 6. The van der Waals surface area contributed by atoms with E-state index < -0.39 is 12.1 Å². The van der Waals surface area contributed by atoms with Crippen LogP contribution in [-0.2, 0) is 9.59 Å². The molecule has 0 unspecified atom stereocenters. The Morgan fingerprint density at radius 1 is 0.574 bits per heavy atom. The number of benzene rings is 4. The Hall–Kier alpha value is -5.84. The Bertz CT molecular complexity index is 2020. The zero-order valence-electron chi connectivity index (χ0n) is 30.7. The van der Waals surface area contributed by atoms with Crippen molar-refractivity contribution in [3.05, 3.63) is 144 Å². The minimum Gasteiger partial charge on any atom is -0.340 e. The summed E-state index contributed by atoms with van der Waals surface area (Å²) < 4.78 is 0. The molecule has 2 amide bonds. The van der Waals surface area contributed by atoms with Gasteiger partial charge in [-0.15, -0.1) is 0 Å². The molecule has 2 aromatic heterocycles. The summed E-state index contributed by atoms with van der Waals surface area (Å²) in [4.78, 5) is 47.8. The van der Waals surface area contributed by atoms with E-state index in [0.717, 1.165) is 82.1 Å². The van der Waals surface area contributed by atoms with Crippen molar-refractivity contribution in [3.8, 4) is 33.6 Å². The smallest absolute Gasteiger partial charge is 0.244 e. The first-order valence-electron chi connectivity index (χ1n) is 18.9. The molecule has 6 aromatic rings. The molecule has 0 saturated carbocycles. The molecule has 10 heteroatoms. The van der Waals surface area contributed by atoms with E-state index in [9.17, 15) is 9.59 Å². The Kier molecular flexibility index (Phi) is 10.2. The minimum absolute atomic E-state index is 0.0711. The van der Waals surface area contributed by atoms with Gasteiger partial charge < -0.3 is 30.4 Å². The number of aromatic amines is 2. The molecule has 274 valence electrons. The zero-order chi connectivity index (χ0) is 37.0. The summed E-state index contributed by atoms with van der Waals surface area (Å²) in [5.41, 5.74) is 8.08. The van der Waals surface area contributed by atoms with Crippen LogP contribution >= 0.6 is 0 Å². The monoisotopic (exact) mass is 718 g/mol. The van der Waals surface area contributed by atoms with Crippen LogP contribution in [0.25, 0.3) is 33.6 Å². The highest BCUT2D eigenvalue weighted by atomic mass is 16.2. The van der Waals surface area contributed by atoms with E-state index >= 15 is 0 Å². The number of rotatable bonds is 11. The van der Waals surface area contributed by atoms with Crippen LogP contribution in [0.3, 0.4) is 0 Å². The van der Waals surface area contributed by atoms with E-state index in [1.54, 1.807) is 0 Å². The van der Waals surface area contributed by atoms with E-state index in [2.05, 4.69) is 69.1 Å². The lowest BCUT2D eigenvalue weighted by atomic mass is 10.0. The van der Waals surface area contributed by atoms with Crippen LogP contribution < -0.4 is 10.6 Å². The van der Waals surface area contributed by atoms with Crippen molar-refractivity contribution in [1.29, 1.82) is 0 Å². The SMILES string of the molecule is CN[C@@H](C(=O)N1CCC[C@H]1c1ncc(-c2ccc(-c3ccc(-c4cnc([C@@H]5CCCN5C(=O)[C@H](NC)c5ccccc5)[nH]4)cc3)cc2)[nH]1)c1ccccc1. The number of carbonyl (C=O) groups excluding carboxylic acids is 2. The first-order chi connectivity index (χ1) is 26.5. The van der Waals surface area contributed by atoms with Gasteiger partial charge in [-0.3, -0.25) is 9.59 Å². The molecule has 4 aromatic carbocycles. The molecule has 4 atom stereocenters. The van der Waals surface area contributed by atoms with Crippen molar-refractivity contribution in [3.63, 3.8) is 0 Å². The first kappa shape index (κ1) is 35.2. The Labute approximate surface area is 316 Å². The second-order valence-electron chi connectivity index (χ2n) is 14.2. The molecule has 2 saturated heterocycles. The number of imidazole rings is 2. The molecule has 10 nitrogen and oxygen atoms in total. The molecule has 54 heavy (non-hydrogen) atoms. The summed E-state index contributed by atoms with van der Waals surface area (Å²) >= 11 is 0. The maximum Gasteiger partial charge on any atom is 0.244 e. The molecule has 0 radical (unpaired) electrons. The van der Waals surface area contributed by atoms with Crippen molar-refractivity contribution in [2.75, 3.05) is 27.2 Å². The largest absolute Gasteiger partial charge is 0.340 e. The van der Waals surface area contributed by atoms with Crippen molar-refractivity contribution >= 4 is 11.8 Å². The van der Waals surface area contributed by atoms with Gasteiger partial charge in [0.25, 0.3) is 0 Å². The van der Waals surface area contributed by atoms with Crippen LogP contribution in [0.15, 0.2) is 122 Å². The topological polar surface area (TPSA) is 122 Å². The van der Waals surface area contributed by atoms with E-state index in [-0.39, 0.29) is 23.9 Å². The lowest BCUT2D eigenvalue weighted by Crippen LogP contribution is -2.39. The maximum absolute atomic E-state index is 13.7. The van der Waals surface area contributed by atoms with Crippen LogP contribution in [0.1, 0.15) is 72.6 Å². The number of nitrogens with zero attached hydrogens (tertiary/aromatic N) is 4. The fraction of sp³-hybridized carbons (Fsp3) is 0.273. The van der Waals surface area contributed by atoms with Crippen LogP contribution in [0.5, 0.6) is 0 Å². The highest BCUT2D eigenvalue weighted by Crippen LogP contribution is 2.36. The highest BCUT2D eigenvalue weighted by Gasteiger charge is 2.37. The maximum atomic E-state index is 13.7. The predicted molar refractivity (Wildman–Crippen MR) is 211 cm³/mol. The number of aromatic nitrogens is 4. The zero-order valence-corrected chi connectivity index (χ0v) is 30.7. The van der Waals surface area contributed by atoms with Crippen LogP contribution in [0, 0.1) is 0 Å². The average Bonchev–Trinajstić information content (AvgIpc) is 4.07. The van der Waals surface area contributed by atoms with Crippen LogP contribution in [0.4, 0.5) is 0 Å². The number of likely N-dealkylation sites (tertiary alicyclic amines) is 2. The van der Waals surface area contributed by atoms with E-state index in [0.29, 0.717) is 13.1 Å². The Balaban J connectivity index is 0.924. The van der Waals surface area contributed by atoms with Crippen molar-refractivity contribution in [1.82, 2.24) is 40.4 Å². The average molecular weight is 719 g/mol. The number of nitrogens with one attached hydrogen (secondary N) is 4. The molecule has 4 heterocycles. The molecule has 0 bridgehead atoms. The van der Waals surface area contributed by atoms with Gasteiger partial charge in [0.1, 0.15) is 23.7 Å². The molecule has 0 spiro atoms. The Morgan fingerprint density at radius 3 is 1.31 bits per heavy atom. The van der Waals surface area contributed by atoms with Crippen LogP contribution in [-0.4, -0.2) is 68.7 Å². The fourth-order valence-corrected chi connectivity index (χ4v) is 8.11. The van der Waals surface area contributed by atoms with Gasteiger partial charge in [-0.25, -0.2) is 9.97 Å². The molecule has 2 aliphatic heterocycles. The summed E-state index contributed by atoms with van der Waals surface area (Å²) in [5.74, 6) is 1.78. The third-order valence-electron chi connectivity index (χ3n) is 11.0. The van der Waals surface area contributed by atoms with Crippen molar-refractivity contribution < 1.29 is 9.59 Å². The molecular weight excluding hydrogens is 673 g/mol. The van der Waals surface area contributed by atoms with Crippen molar-refractivity contribution in [2.24, 2.45) is 0 Å². The molecule has 2 fully saturated rings. The van der Waals surface area contributed by atoms with Gasteiger partial charge in [-0.05, 0) is 73.2 Å². The van der Waals surface area contributed by atoms with E-state index in [4.69, 9.17) is 9.97 Å². The summed E-state index contributed by atoms with van der Waals surface area (Å²) in [6.07, 6.45) is 7.38. The van der Waals surface area contributed by atoms with Gasteiger partial charge in [0.15, 0.2) is 0 Å². The minimum atomic E-state index is -0.392. The number of likely N-dealkylation sites (N-methyl/N-ethyl adjacent to an activating group) is 2. The van der Waals surface area contributed by atoms with E-state index in [1.165, 1.54) is 0 Å². The standard InChI is InChI=1S/C44H46N8O2/c1-45-39(33-11-5-3-6-12-33)43(53)51-25-9-15-37(51)41-47-27-35(49-41)31-21-17-29(18-22-31)30-19-23-32(24-20-30)36-28-48-42(50-36)38-16-10-26-52(38)44(54)40(46-2)34-13-7-4-8-14-34/h3-8,11-14,17-24,27-28,37-40,45-46H,9-10,15-16,25-26H2,1-2H3,(H,47,49)(H,48,50)/t37-,38-,39+,40+/m0/s1. The summed E-state index contributed by atoms with van der Waals surface area (Å²) in [7, 11) is 3.67. The highest BCUT2D eigenvalue weighted by molar-refractivity contribution is 5.84. The number of amides is 2. The van der Waals surface area contributed by atoms with Gasteiger partial charge in [0.05, 0.1) is 35.9 Å².